The molecule has 2 heterocycles. The first-order valence-corrected chi connectivity index (χ1v) is 6.97. The Labute approximate surface area is 108 Å². The van der Waals surface area contributed by atoms with Crippen LogP contribution in [0.25, 0.3) is 0 Å². The number of nitrogens with one attached hydrogen (secondary N) is 1. The fraction of sp³-hybridized carbons (Fsp3) is 0.600. The second-order valence-electron chi connectivity index (χ2n) is 5.17. The number of benzene rings is 1. The molecule has 1 N–H and O–H groups in total. The van der Waals surface area contributed by atoms with Gasteiger partial charge in [0.05, 0.1) is 12.7 Å². The average Bonchev–Trinajstić information content (AvgIpc) is 3.04. The Bertz CT molecular complexity index is 388. The number of hydrogen-bond donors (Lipinski definition) is 1. The second kappa shape index (κ2) is 5.72. The fourth-order valence-electron chi connectivity index (χ4n) is 2.81. The first-order valence-electron chi connectivity index (χ1n) is 6.97. The largest absolute Gasteiger partial charge is 0.493 e. The summed E-state index contributed by atoms with van der Waals surface area (Å²) in [6.07, 6.45) is 4.09. The van der Waals surface area contributed by atoms with Gasteiger partial charge in [0, 0.05) is 24.6 Å². The van der Waals surface area contributed by atoms with Crippen molar-refractivity contribution in [1.82, 2.24) is 5.32 Å². The number of hydrogen-bond acceptors (Lipinski definition) is 3. The lowest BCUT2D eigenvalue weighted by Crippen LogP contribution is -2.25. The molecule has 0 saturated carbocycles. The zero-order valence-electron chi connectivity index (χ0n) is 10.7. The summed E-state index contributed by atoms with van der Waals surface area (Å²) < 4.78 is 11.3. The van der Waals surface area contributed by atoms with Crippen LogP contribution in [0.5, 0.6) is 5.75 Å². The molecule has 3 rings (SSSR count). The maximum Gasteiger partial charge on any atom is 0.122 e. The van der Waals surface area contributed by atoms with Gasteiger partial charge in [-0.05, 0) is 31.9 Å². The van der Waals surface area contributed by atoms with Crippen molar-refractivity contribution in [3.05, 3.63) is 29.8 Å². The molecule has 2 aliphatic heterocycles. The molecule has 0 amide bonds. The van der Waals surface area contributed by atoms with E-state index in [9.17, 15) is 0 Å². The van der Waals surface area contributed by atoms with Crippen LogP contribution >= 0.6 is 0 Å². The van der Waals surface area contributed by atoms with Crippen molar-refractivity contribution in [1.29, 1.82) is 0 Å². The van der Waals surface area contributed by atoms with Crippen molar-refractivity contribution in [3.63, 3.8) is 0 Å². The van der Waals surface area contributed by atoms with Crippen LogP contribution in [0, 0.1) is 0 Å². The molecule has 0 bridgehead atoms. The minimum Gasteiger partial charge on any atom is -0.493 e. The SMILES string of the molecule is c1ccc2c(c1)OCC2CNCCC1CCCO1. The lowest BCUT2D eigenvalue weighted by Gasteiger charge is -2.12. The van der Waals surface area contributed by atoms with E-state index in [1.165, 1.54) is 18.4 Å². The molecule has 3 heteroatoms. The van der Waals surface area contributed by atoms with Gasteiger partial charge in [-0.25, -0.2) is 0 Å². The van der Waals surface area contributed by atoms with Crippen LogP contribution in [0.2, 0.25) is 0 Å². The van der Waals surface area contributed by atoms with Crippen molar-refractivity contribution in [3.8, 4) is 5.75 Å². The third kappa shape index (κ3) is 2.68. The topological polar surface area (TPSA) is 30.5 Å². The predicted molar refractivity (Wildman–Crippen MR) is 71.1 cm³/mol. The minimum atomic E-state index is 0.490. The van der Waals surface area contributed by atoms with Crippen molar-refractivity contribution >= 4 is 0 Å². The van der Waals surface area contributed by atoms with Crippen molar-refractivity contribution < 1.29 is 9.47 Å². The maximum atomic E-state index is 5.68. The Morgan fingerprint density at radius 2 is 2.22 bits per heavy atom. The molecule has 1 aromatic rings. The van der Waals surface area contributed by atoms with E-state index < -0.39 is 0 Å². The van der Waals surface area contributed by atoms with E-state index in [0.29, 0.717) is 12.0 Å². The van der Waals surface area contributed by atoms with Crippen LogP contribution < -0.4 is 10.1 Å². The van der Waals surface area contributed by atoms with E-state index in [2.05, 4.69) is 23.5 Å². The molecule has 0 aliphatic carbocycles. The first kappa shape index (κ1) is 12.0. The van der Waals surface area contributed by atoms with Gasteiger partial charge in [0.15, 0.2) is 0 Å². The van der Waals surface area contributed by atoms with E-state index in [1.807, 2.05) is 6.07 Å². The van der Waals surface area contributed by atoms with Gasteiger partial charge in [-0.2, -0.15) is 0 Å². The minimum absolute atomic E-state index is 0.490. The highest BCUT2D eigenvalue weighted by Gasteiger charge is 2.23. The normalized spacial score (nSPS) is 26.0. The summed E-state index contributed by atoms with van der Waals surface area (Å²) in [6.45, 7) is 3.81. The third-order valence-electron chi connectivity index (χ3n) is 3.86. The Morgan fingerprint density at radius 3 is 3.11 bits per heavy atom. The molecular weight excluding hydrogens is 226 g/mol. The summed E-state index contributed by atoms with van der Waals surface area (Å²) >= 11 is 0. The molecule has 2 atom stereocenters. The van der Waals surface area contributed by atoms with Crippen LogP contribution in [0.15, 0.2) is 24.3 Å². The Hall–Kier alpha value is -1.06. The molecule has 1 fully saturated rings. The van der Waals surface area contributed by atoms with Crippen LogP contribution in [-0.4, -0.2) is 32.4 Å². The fourth-order valence-corrected chi connectivity index (χ4v) is 2.81. The summed E-state index contributed by atoms with van der Waals surface area (Å²) in [4.78, 5) is 0. The van der Waals surface area contributed by atoms with Gasteiger partial charge in [0.2, 0.25) is 0 Å². The molecule has 18 heavy (non-hydrogen) atoms. The molecule has 1 saturated heterocycles. The van der Waals surface area contributed by atoms with Gasteiger partial charge >= 0.3 is 0 Å². The van der Waals surface area contributed by atoms with Gasteiger partial charge < -0.3 is 14.8 Å². The smallest absolute Gasteiger partial charge is 0.122 e. The van der Waals surface area contributed by atoms with E-state index in [4.69, 9.17) is 9.47 Å². The number of rotatable bonds is 5. The van der Waals surface area contributed by atoms with Gasteiger partial charge in [0.1, 0.15) is 5.75 Å². The number of fused-ring (bicyclic) bond motifs is 1. The molecule has 0 spiro atoms. The zero-order valence-corrected chi connectivity index (χ0v) is 10.7. The van der Waals surface area contributed by atoms with Crippen molar-refractivity contribution in [2.75, 3.05) is 26.3 Å². The summed E-state index contributed by atoms with van der Waals surface area (Å²) in [7, 11) is 0. The van der Waals surface area contributed by atoms with Gasteiger partial charge in [-0.1, -0.05) is 18.2 Å². The Balaban J connectivity index is 1.41. The molecule has 1 aromatic carbocycles. The Morgan fingerprint density at radius 1 is 1.28 bits per heavy atom. The van der Waals surface area contributed by atoms with E-state index >= 15 is 0 Å². The van der Waals surface area contributed by atoms with Crippen LogP contribution in [0.4, 0.5) is 0 Å². The summed E-state index contributed by atoms with van der Waals surface area (Å²) in [6, 6.07) is 8.36. The van der Waals surface area contributed by atoms with Crippen molar-refractivity contribution in [2.45, 2.75) is 31.3 Å². The molecule has 98 valence electrons. The highest BCUT2D eigenvalue weighted by Crippen LogP contribution is 2.32. The lowest BCUT2D eigenvalue weighted by atomic mass is 10.0. The molecule has 0 radical (unpaired) electrons. The van der Waals surface area contributed by atoms with Gasteiger partial charge in [-0.3, -0.25) is 0 Å². The molecule has 3 nitrogen and oxygen atoms in total. The highest BCUT2D eigenvalue weighted by molar-refractivity contribution is 5.39. The lowest BCUT2D eigenvalue weighted by molar-refractivity contribution is 0.104. The van der Waals surface area contributed by atoms with E-state index in [1.54, 1.807) is 0 Å². The molecule has 2 aliphatic rings. The number of ether oxygens (including phenoxy) is 2. The first-order chi connectivity index (χ1) is 8.93. The summed E-state index contributed by atoms with van der Waals surface area (Å²) in [5.74, 6) is 1.56. The van der Waals surface area contributed by atoms with Crippen LogP contribution in [0.1, 0.15) is 30.7 Å². The highest BCUT2D eigenvalue weighted by atomic mass is 16.5. The van der Waals surface area contributed by atoms with Gasteiger partial charge in [0.25, 0.3) is 0 Å². The molecular formula is C15H21NO2. The third-order valence-corrected chi connectivity index (χ3v) is 3.86. The van der Waals surface area contributed by atoms with Crippen LogP contribution in [-0.2, 0) is 4.74 Å². The second-order valence-corrected chi connectivity index (χ2v) is 5.17. The number of para-hydroxylation sites is 1. The summed E-state index contributed by atoms with van der Waals surface area (Å²) in [5.41, 5.74) is 1.35. The molecule has 0 aromatic heterocycles. The monoisotopic (exact) mass is 247 g/mol. The van der Waals surface area contributed by atoms with Gasteiger partial charge in [-0.15, -0.1) is 0 Å². The quantitative estimate of drug-likeness (QED) is 0.810. The van der Waals surface area contributed by atoms with E-state index in [0.717, 1.165) is 38.5 Å². The van der Waals surface area contributed by atoms with Crippen LogP contribution in [0.3, 0.4) is 0 Å². The van der Waals surface area contributed by atoms with Crippen molar-refractivity contribution in [2.24, 2.45) is 0 Å². The average molecular weight is 247 g/mol. The summed E-state index contributed by atoms with van der Waals surface area (Å²) in [5, 5.41) is 3.54. The zero-order chi connectivity index (χ0) is 12.2. The Kier molecular flexibility index (Phi) is 3.81. The maximum absolute atomic E-state index is 5.68. The molecule has 2 unspecified atom stereocenters. The standard InChI is InChI=1S/C15H21NO2/c1-2-6-15-14(5-1)12(11-18-15)10-16-8-7-13-4-3-9-17-13/h1-2,5-6,12-13,16H,3-4,7-11H2. The predicted octanol–water partition coefficient (Wildman–Crippen LogP) is 2.32. The van der Waals surface area contributed by atoms with E-state index in [-0.39, 0.29) is 0 Å².